The molecular formula is C17H17FN2O. The molecule has 21 heavy (non-hydrogen) atoms. The van der Waals surface area contributed by atoms with Crippen LogP contribution in [-0.2, 0) is 4.79 Å². The normalized spacial score (nSPS) is 15.1. The molecule has 1 fully saturated rings. The second-order valence-corrected chi connectivity index (χ2v) is 5.15. The molecule has 0 atom stereocenters. The summed E-state index contributed by atoms with van der Waals surface area (Å²) in [6.07, 6.45) is 0.906. The molecule has 3 nitrogen and oxygen atoms in total. The number of hydrogen-bond acceptors (Lipinski definition) is 2. The molecule has 1 saturated heterocycles. The molecule has 4 heteroatoms. The van der Waals surface area contributed by atoms with Gasteiger partial charge in [0, 0.05) is 37.4 Å². The van der Waals surface area contributed by atoms with Crippen molar-refractivity contribution in [1.29, 1.82) is 0 Å². The fraction of sp³-hybridized carbons (Fsp3) is 0.235. The van der Waals surface area contributed by atoms with Gasteiger partial charge in [-0.2, -0.15) is 0 Å². The van der Waals surface area contributed by atoms with Crippen LogP contribution in [0.1, 0.15) is 0 Å². The molecule has 0 spiro atoms. The monoisotopic (exact) mass is 284 g/mol. The lowest BCUT2D eigenvalue weighted by atomic mass is 10.0. The minimum atomic E-state index is -0.226. The Balaban J connectivity index is 1.89. The van der Waals surface area contributed by atoms with E-state index in [1.165, 1.54) is 12.1 Å². The number of halogens is 1. The smallest absolute Gasteiger partial charge is 0.209 e. The Morgan fingerprint density at radius 3 is 2.24 bits per heavy atom. The van der Waals surface area contributed by atoms with Gasteiger partial charge < -0.3 is 9.80 Å². The van der Waals surface area contributed by atoms with Gasteiger partial charge in [-0.3, -0.25) is 4.79 Å². The fourth-order valence-corrected chi connectivity index (χ4v) is 2.69. The van der Waals surface area contributed by atoms with Crippen LogP contribution in [0.2, 0.25) is 0 Å². The zero-order valence-corrected chi connectivity index (χ0v) is 11.7. The summed E-state index contributed by atoms with van der Waals surface area (Å²) in [6, 6.07) is 14.7. The Hall–Kier alpha value is -2.36. The maximum absolute atomic E-state index is 13.1. The van der Waals surface area contributed by atoms with Gasteiger partial charge in [0.2, 0.25) is 6.41 Å². The second-order valence-electron chi connectivity index (χ2n) is 5.15. The molecule has 2 aromatic rings. The van der Waals surface area contributed by atoms with Crippen LogP contribution in [0.15, 0.2) is 48.5 Å². The first kappa shape index (κ1) is 13.6. The molecule has 108 valence electrons. The van der Waals surface area contributed by atoms with Crippen molar-refractivity contribution in [3.63, 3.8) is 0 Å². The molecule has 0 bridgehead atoms. The van der Waals surface area contributed by atoms with E-state index in [9.17, 15) is 9.18 Å². The van der Waals surface area contributed by atoms with Crippen molar-refractivity contribution in [2.45, 2.75) is 0 Å². The van der Waals surface area contributed by atoms with E-state index in [1.54, 1.807) is 17.0 Å². The van der Waals surface area contributed by atoms with Crippen molar-refractivity contribution in [1.82, 2.24) is 4.90 Å². The first-order chi connectivity index (χ1) is 10.3. The van der Waals surface area contributed by atoms with Gasteiger partial charge in [0.1, 0.15) is 5.82 Å². The van der Waals surface area contributed by atoms with Crippen molar-refractivity contribution in [3.8, 4) is 11.1 Å². The van der Waals surface area contributed by atoms with Gasteiger partial charge in [-0.15, -0.1) is 0 Å². The molecule has 0 saturated carbocycles. The predicted molar refractivity (Wildman–Crippen MR) is 81.7 cm³/mol. The molecule has 1 heterocycles. The van der Waals surface area contributed by atoms with E-state index in [0.29, 0.717) is 0 Å². The Morgan fingerprint density at radius 2 is 1.57 bits per heavy atom. The number of anilines is 1. The lowest BCUT2D eigenvalue weighted by Gasteiger charge is -2.35. The minimum Gasteiger partial charge on any atom is -0.367 e. The van der Waals surface area contributed by atoms with Crippen LogP contribution >= 0.6 is 0 Å². The van der Waals surface area contributed by atoms with E-state index in [2.05, 4.69) is 17.0 Å². The van der Waals surface area contributed by atoms with Gasteiger partial charge in [-0.25, -0.2) is 4.39 Å². The third kappa shape index (κ3) is 2.89. The van der Waals surface area contributed by atoms with Crippen molar-refractivity contribution in [3.05, 3.63) is 54.3 Å². The van der Waals surface area contributed by atoms with Crippen molar-refractivity contribution in [2.75, 3.05) is 31.1 Å². The maximum atomic E-state index is 13.1. The van der Waals surface area contributed by atoms with E-state index >= 15 is 0 Å². The van der Waals surface area contributed by atoms with Crippen LogP contribution < -0.4 is 4.90 Å². The van der Waals surface area contributed by atoms with Gasteiger partial charge >= 0.3 is 0 Å². The average Bonchev–Trinajstić information content (AvgIpc) is 2.56. The number of piperazine rings is 1. The molecule has 0 aliphatic carbocycles. The third-order valence-corrected chi connectivity index (χ3v) is 3.86. The van der Waals surface area contributed by atoms with Gasteiger partial charge in [-0.1, -0.05) is 30.3 Å². The lowest BCUT2D eigenvalue weighted by Crippen LogP contribution is -2.45. The third-order valence-electron chi connectivity index (χ3n) is 3.86. The standard InChI is InChI=1S/C17H17FN2O/c18-15-7-5-14(6-8-15)16-3-1-2-4-17(16)20-11-9-19(13-21)10-12-20/h1-8,13H,9-12H2. The van der Waals surface area contributed by atoms with Gasteiger partial charge in [0.05, 0.1) is 0 Å². The molecule has 2 aromatic carbocycles. The van der Waals surface area contributed by atoms with Crippen molar-refractivity contribution in [2.24, 2.45) is 0 Å². The van der Waals surface area contributed by atoms with E-state index in [-0.39, 0.29) is 5.82 Å². The predicted octanol–water partition coefficient (Wildman–Crippen LogP) is 2.77. The molecule has 0 aromatic heterocycles. The van der Waals surface area contributed by atoms with E-state index in [4.69, 9.17) is 0 Å². The zero-order chi connectivity index (χ0) is 14.7. The van der Waals surface area contributed by atoms with E-state index < -0.39 is 0 Å². The highest BCUT2D eigenvalue weighted by atomic mass is 19.1. The number of carbonyl (C=O) groups is 1. The largest absolute Gasteiger partial charge is 0.367 e. The number of rotatable bonds is 3. The Bertz CT molecular complexity index is 619. The lowest BCUT2D eigenvalue weighted by molar-refractivity contribution is -0.118. The molecule has 0 unspecified atom stereocenters. The summed E-state index contributed by atoms with van der Waals surface area (Å²) >= 11 is 0. The molecule has 1 aliphatic rings. The summed E-state index contributed by atoms with van der Waals surface area (Å²) in [7, 11) is 0. The van der Waals surface area contributed by atoms with Crippen LogP contribution in [-0.4, -0.2) is 37.5 Å². The zero-order valence-electron chi connectivity index (χ0n) is 11.7. The number of amides is 1. The molecule has 1 amide bonds. The maximum Gasteiger partial charge on any atom is 0.209 e. The number of carbonyl (C=O) groups excluding carboxylic acids is 1. The summed E-state index contributed by atoms with van der Waals surface area (Å²) in [5.41, 5.74) is 3.23. The highest BCUT2D eigenvalue weighted by Gasteiger charge is 2.18. The summed E-state index contributed by atoms with van der Waals surface area (Å²) in [5, 5.41) is 0. The van der Waals surface area contributed by atoms with Crippen LogP contribution in [0, 0.1) is 5.82 Å². The summed E-state index contributed by atoms with van der Waals surface area (Å²) < 4.78 is 13.1. The Morgan fingerprint density at radius 1 is 0.905 bits per heavy atom. The number of hydrogen-bond donors (Lipinski definition) is 0. The first-order valence-corrected chi connectivity index (χ1v) is 7.07. The quantitative estimate of drug-likeness (QED) is 0.809. The van der Waals surface area contributed by atoms with E-state index in [0.717, 1.165) is 49.4 Å². The van der Waals surface area contributed by atoms with Crippen molar-refractivity contribution < 1.29 is 9.18 Å². The fourth-order valence-electron chi connectivity index (χ4n) is 2.69. The highest BCUT2D eigenvalue weighted by Crippen LogP contribution is 2.31. The summed E-state index contributed by atoms with van der Waals surface area (Å²) in [6.45, 7) is 3.11. The second kappa shape index (κ2) is 5.95. The number of para-hydroxylation sites is 1. The number of benzene rings is 2. The van der Waals surface area contributed by atoms with Crippen molar-refractivity contribution >= 4 is 12.1 Å². The molecular weight excluding hydrogens is 267 g/mol. The van der Waals surface area contributed by atoms with Crippen LogP contribution in [0.4, 0.5) is 10.1 Å². The molecule has 1 aliphatic heterocycles. The summed E-state index contributed by atoms with van der Waals surface area (Å²) in [4.78, 5) is 14.9. The van der Waals surface area contributed by atoms with Gasteiger partial charge in [-0.05, 0) is 23.8 Å². The molecule has 3 rings (SSSR count). The van der Waals surface area contributed by atoms with Gasteiger partial charge in [0.25, 0.3) is 0 Å². The molecule has 0 N–H and O–H groups in total. The SMILES string of the molecule is O=CN1CCN(c2ccccc2-c2ccc(F)cc2)CC1. The van der Waals surface area contributed by atoms with Gasteiger partial charge in [0.15, 0.2) is 0 Å². The minimum absolute atomic E-state index is 0.226. The summed E-state index contributed by atoms with van der Waals surface area (Å²) in [5.74, 6) is -0.226. The van der Waals surface area contributed by atoms with Crippen LogP contribution in [0.25, 0.3) is 11.1 Å². The van der Waals surface area contributed by atoms with E-state index in [1.807, 2.05) is 12.1 Å². The topological polar surface area (TPSA) is 23.6 Å². The number of nitrogens with zero attached hydrogens (tertiary/aromatic N) is 2. The van der Waals surface area contributed by atoms with Crippen LogP contribution in [0.3, 0.4) is 0 Å². The average molecular weight is 284 g/mol. The van der Waals surface area contributed by atoms with Crippen LogP contribution in [0.5, 0.6) is 0 Å². The Labute approximate surface area is 123 Å². The first-order valence-electron chi connectivity index (χ1n) is 7.07. The molecule has 0 radical (unpaired) electrons. The Kier molecular flexibility index (Phi) is 3.86. The highest BCUT2D eigenvalue weighted by molar-refractivity contribution is 5.78.